The number of amides is 2. The zero-order valence-electron chi connectivity index (χ0n) is 13.1. The Balaban J connectivity index is 1.71. The highest BCUT2D eigenvalue weighted by molar-refractivity contribution is 8.01. The van der Waals surface area contributed by atoms with Gasteiger partial charge in [0.2, 0.25) is 11.8 Å². The number of carboxylic acid groups (broad SMARTS) is 1. The summed E-state index contributed by atoms with van der Waals surface area (Å²) in [6.07, 6.45) is -0.260. The highest BCUT2D eigenvalue weighted by Crippen LogP contribution is 2.37. The second kappa shape index (κ2) is 7.12. The molecule has 9 heteroatoms. The van der Waals surface area contributed by atoms with Crippen LogP contribution in [-0.2, 0) is 9.59 Å². The monoisotopic (exact) mass is 378 g/mol. The molecule has 1 heterocycles. The molecule has 1 atom stereocenters. The first-order valence-electron chi connectivity index (χ1n) is 7.43. The van der Waals surface area contributed by atoms with E-state index in [4.69, 9.17) is 5.11 Å². The predicted molar refractivity (Wildman–Crippen MR) is 91.3 cm³/mol. The summed E-state index contributed by atoms with van der Waals surface area (Å²) in [5, 5.41) is 13.1. The molecule has 0 bridgehead atoms. The van der Waals surface area contributed by atoms with E-state index in [2.05, 4.69) is 10.6 Å². The summed E-state index contributed by atoms with van der Waals surface area (Å²) in [4.78, 5) is 35.8. The molecule has 1 aliphatic heterocycles. The Morgan fingerprint density at radius 1 is 1.19 bits per heavy atom. The standard InChI is InChI=1S/C17H12F2N2O4S/c18-9-2-4-11(10(19)6-9)20-15(22)7-14-16(23)21-12-3-1-8(17(24)25)5-13(12)26-14/h1-6,14H,7H2,(H,20,22)(H,21,23)(H,24,25)/t14-/m1/s1. The van der Waals surface area contributed by atoms with E-state index in [0.29, 0.717) is 16.6 Å². The molecule has 2 amide bonds. The van der Waals surface area contributed by atoms with E-state index in [-0.39, 0.29) is 17.7 Å². The number of fused-ring (bicyclic) bond motifs is 1. The zero-order valence-corrected chi connectivity index (χ0v) is 13.9. The zero-order chi connectivity index (χ0) is 18.8. The van der Waals surface area contributed by atoms with Gasteiger partial charge in [-0.2, -0.15) is 0 Å². The van der Waals surface area contributed by atoms with Crippen LogP contribution in [0.25, 0.3) is 0 Å². The smallest absolute Gasteiger partial charge is 0.335 e. The maximum atomic E-state index is 13.6. The lowest BCUT2D eigenvalue weighted by molar-refractivity contribution is -0.120. The first kappa shape index (κ1) is 17.9. The molecule has 26 heavy (non-hydrogen) atoms. The van der Waals surface area contributed by atoms with Crippen LogP contribution in [0.15, 0.2) is 41.3 Å². The molecule has 6 nitrogen and oxygen atoms in total. The molecular formula is C17H12F2N2O4S. The molecule has 0 saturated heterocycles. The van der Waals surface area contributed by atoms with Crippen LogP contribution in [0.4, 0.5) is 20.2 Å². The van der Waals surface area contributed by atoms with Crippen molar-refractivity contribution in [3.63, 3.8) is 0 Å². The fourth-order valence-corrected chi connectivity index (χ4v) is 3.52. The molecule has 134 valence electrons. The third-order valence-corrected chi connectivity index (χ3v) is 4.88. The van der Waals surface area contributed by atoms with Gasteiger partial charge in [-0.05, 0) is 30.3 Å². The summed E-state index contributed by atoms with van der Waals surface area (Å²) in [5.41, 5.74) is 0.335. The fraction of sp³-hybridized carbons (Fsp3) is 0.118. The molecule has 0 aromatic heterocycles. The molecule has 0 saturated carbocycles. The molecule has 0 radical (unpaired) electrons. The van der Waals surface area contributed by atoms with E-state index in [9.17, 15) is 23.2 Å². The number of hydrogen-bond donors (Lipinski definition) is 3. The number of benzene rings is 2. The van der Waals surface area contributed by atoms with Gasteiger partial charge in [-0.15, -0.1) is 11.8 Å². The average molecular weight is 378 g/mol. The van der Waals surface area contributed by atoms with Crippen molar-refractivity contribution < 1.29 is 28.3 Å². The van der Waals surface area contributed by atoms with E-state index >= 15 is 0 Å². The Labute approximate surface area is 150 Å². The van der Waals surface area contributed by atoms with Gasteiger partial charge in [0.05, 0.1) is 22.2 Å². The van der Waals surface area contributed by atoms with Crippen LogP contribution in [-0.4, -0.2) is 28.1 Å². The summed E-state index contributed by atoms with van der Waals surface area (Å²) >= 11 is 1.05. The van der Waals surface area contributed by atoms with Gasteiger partial charge >= 0.3 is 5.97 Å². The van der Waals surface area contributed by atoms with Gasteiger partial charge in [0.15, 0.2) is 0 Å². The maximum Gasteiger partial charge on any atom is 0.335 e. The number of rotatable bonds is 4. The third kappa shape index (κ3) is 3.83. The summed E-state index contributed by atoms with van der Waals surface area (Å²) in [7, 11) is 0. The van der Waals surface area contributed by atoms with E-state index in [1.165, 1.54) is 18.2 Å². The minimum Gasteiger partial charge on any atom is -0.478 e. The van der Waals surface area contributed by atoms with E-state index < -0.39 is 34.7 Å². The van der Waals surface area contributed by atoms with Gasteiger partial charge in [0, 0.05) is 17.4 Å². The maximum absolute atomic E-state index is 13.6. The number of carbonyl (C=O) groups is 3. The minimum atomic E-state index is -1.11. The Bertz CT molecular complexity index is 920. The Morgan fingerprint density at radius 3 is 2.65 bits per heavy atom. The molecule has 3 N–H and O–H groups in total. The van der Waals surface area contributed by atoms with Gasteiger partial charge in [-0.1, -0.05) is 0 Å². The van der Waals surface area contributed by atoms with Gasteiger partial charge in [0.1, 0.15) is 11.6 Å². The van der Waals surface area contributed by atoms with Gasteiger partial charge < -0.3 is 15.7 Å². The number of nitrogens with one attached hydrogen (secondary N) is 2. The Hall–Kier alpha value is -2.94. The number of carboxylic acids is 1. The lowest BCUT2D eigenvalue weighted by atomic mass is 10.2. The molecule has 3 rings (SSSR count). The SMILES string of the molecule is O=C(C[C@H]1Sc2cc(C(=O)O)ccc2NC1=O)Nc1ccc(F)cc1F. The molecule has 2 aromatic rings. The van der Waals surface area contributed by atoms with Crippen LogP contribution >= 0.6 is 11.8 Å². The van der Waals surface area contributed by atoms with E-state index in [0.717, 1.165) is 23.9 Å². The largest absolute Gasteiger partial charge is 0.478 e. The van der Waals surface area contributed by atoms with Gasteiger partial charge in [-0.3, -0.25) is 9.59 Å². The van der Waals surface area contributed by atoms with Crippen molar-refractivity contribution in [2.24, 2.45) is 0 Å². The topological polar surface area (TPSA) is 95.5 Å². The first-order chi connectivity index (χ1) is 12.3. The van der Waals surface area contributed by atoms with E-state index in [1.807, 2.05) is 0 Å². The van der Waals surface area contributed by atoms with Gasteiger partial charge in [-0.25, -0.2) is 13.6 Å². The minimum absolute atomic E-state index is 0.0592. The van der Waals surface area contributed by atoms with Crippen molar-refractivity contribution in [1.82, 2.24) is 0 Å². The summed E-state index contributed by atoms with van der Waals surface area (Å²) in [6.45, 7) is 0. The normalized spacial score (nSPS) is 15.8. The predicted octanol–water partition coefficient (Wildman–Crippen LogP) is 3.10. The van der Waals surface area contributed by atoms with Crippen LogP contribution in [0.3, 0.4) is 0 Å². The molecule has 0 spiro atoms. The van der Waals surface area contributed by atoms with Crippen molar-refractivity contribution in [3.8, 4) is 0 Å². The molecular weight excluding hydrogens is 366 g/mol. The van der Waals surface area contributed by atoms with Crippen LogP contribution in [0.2, 0.25) is 0 Å². The van der Waals surface area contributed by atoms with Crippen molar-refractivity contribution in [2.75, 3.05) is 10.6 Å². The number of halogens is 2. The van der Waals surface area contributed by atoms with Crippen molar-refractivity contribution in [1.29, 1.82) is 0 Å². The Kier molecular flexibility index (Phi) is 4.90. The highest BCUT2D eigenvalue weighted by Gasteiger charge is 2.29. The second-order valence-electron chi connectivity index (χ2n) is 5.49. The van der Waals surface area contributed by atoms with Crippen LogP contribution in [0, 0.1) is 11.6 Å². The fourth-order valence-electron chi connectivity index (χ4n) is 2.37. The number of carbonyl (C=O) groups excluding carboxylic acids is 2. The summed E-state index contributed by atoms with van der Waals surface area (Å²) in [5.74, 6) is -3.84. The van der Waals surface area contributed by atoms with Crippen molar-refractivity contribution in [2.45, 2.75) is 16.6 Å². The molecule has 1 aliphatic rings. The molecule has 0 fully saturated rings. The highest BCUT2D eigenvalue weighted by atomic mass is 32.2. The Morgan fingerprint density at radius 2 is 1.96 bits per heavy atom. The lowest BCUT2D eigenvalue weighted by Crippen LogP contribution is -2.32. The number of anilines is 2. The summed E-state index contributed by atoms with van der Waals surface area (Å²) in [6, 6.07) is 6.99. The van der Waals surface area contributed by atoms with E-state index in [1.54, 1.807) is 0 Å². The lowest BCUT2D eigenvalue weighted by Gasteiger charge is -2.24. The summed E-state index contributed by atoms with van der Waals surface area (Å²) < 4.78 is 26.5. The molecule has 0 aliphatic carbocycles. The molecule has 2 aromatic carbocycles. The molecule has 0 unspecified atom stereocenters. The number of thioether (sulfide) groups is 1. The van der Waals surface area contributed by atoms with Crippen LogP contribution in [0.1, 0.15) is 16.8 Å². The van der Waals surface area contributed by atoms with Crippen molar-refractivity contribution in [3.05, 3.63) is 53.6 Å². The quantitative estimate of drug-likeness (QED) is 0.760. The number of aromatic carboxylic acids is 1. The van der Waals surface area contributed by atoms with Crippen LogP contribution in [0.5, 0.6) is 0 Å². The van der Waals surface area contributed by atoms with Crippen molar-refractivity contribution >= 4 is 40.9 Å². The number of hydrogen-bond acceptors (Lipinski definition) is 4. The van der Waals surface area contributed by atoms with Crippen LogP contribution < -0.4 is 10.6 Å². The average Bonchev–Trinajstić information content (AvgIpc) is 2.57. The third-order valence-electron chi connectivity index (χ3n) is 3.62. The first-order valence-corrected chi connectivity index (χ1v) is 8.31. The second-order valence-corrected chi connectivity index (χ2v) is 6.73. The van der Waals surface area contributed by atoms with Gasteiger partial charge in [0.25, 0.3) is 0 Å².